The van der Waals surface area contributed by atoms with E-state index in [2.05, 4.69) is 18.7 Å². The largest absolute Gasteiger partial charge is 0.478 e. The smallest absolute Gasteiger partial charge is 0.339 e. The summed E-state index contributed by atoms with van der Waals surface area (Å²) >= 11 is 0. The van der Waals surface area contributed by atoms with Crippen LogP contribution >= 0.6 is 0 Å². The van der Waals surface area contributed by atoms with E-state index in [1.54, 1.807) is 0 Å². The predicted octanol–water partition coefficient (Wildman–Crippen LogP) is 3.29. The topological polar surface area (TPSA) is 53.4 Å². The summed E-state index contributed by atoms with van der Waals surface area (Å²) in [4.78, 5) is 18.5. The normalized spacial score (nSPS) is 21.0. The molecular weight excluding hydrogens is 264 g/mol. The van der Waals surface area contributed by atoms with Crippen molar-refractivity contribution in [2.75, 3.05) is 18.0 Å². The maximum Gasteiger partial charge on any atom is 0.339 e. The van der Waals surface area contributed by atoms with E-state index in [-0.39, 0.29) is 0 Å². The first-order valence-corrected chi connectivity index (χ1v) is 7.97. The number of fused-ring (bicyclic) bond motifs is 1. The van der Waals surface area contributed by atoms with Crippen LogP contribution in [0.2, 0.25) is 0 Å². The van der Waals surface area contributed by atoms with Crippen molar-refractivity contribution in [1.82, 2.24) is 4.98 Å². The fourth-order valence-electron chi connectivity index (χ4n) is 3.35. The Morgan fingerprint density at radius 2 is 1.90 bits per heavy atom. The van der Waals surface area contributed by atoms with Gasteiger partial charge in [-0.2, -0.15) is 0 Å². The highest BCUT2D eigenvalue weighted by Gasteiger charge is 2.29. The second kappa shape index (κ2) is 5.32. The SMILES string of the molecule is CC1(C)CCN(c2nc3c(cc2C(=O)O)CCCC3)CC1. The molecule has 2 aliphatic rings. The van der Waals surface area contributed by atoms with Gasteiger partial charge in [-0.15, -0.1) is 0 Å². The van der Waals surface area contributed by atoms with Gasteiger partial charge in [0.2, 0.25) is 0 Å². The maximum absolute atomic E-state index is 11.6. The average molecular weight is 288 g/mol. The third-order valence-electron chi connectivity index (χ3n) is 4.93. The van der Waals surface area contributed by atoms with Crippen molar-refractivity contribution in [2.24, 2.45) is 5.41 Å². The van der Waals surface area contributed by atoms with Gasteiger partial charge in [0.25, 0.3) is 0 Å². The number of hydrogen-bond acceptors (Lipinski definition) is 3. The van der Waals surface area contributed by atoms with Crippen LogP contribution in [-0.4, -0.2) is 29.1 Å². The number of anilines is 1. The fraction of sp³-hybridized carbons (Fsp3) is 0.647. The highest BCUT2D eigenvalue weighted by atomic mass is 16.4. The lowest BCUT2D eigenvalue weighted by Crippen LogP contribution is -2.38. The number of rotatable bonds is 2. The molecule has 1 saturated heterocycles. The Morgan fingerprint density at radius 3 is 2.57 bits per heavy atom. The van der Waals surface area contributed by atoms with Gasteiger partial charge in [-0.1, -0.05) is 13.8 Å². The van der Waals surface area contributed by atoms with Gasteiger partial charge < -0.3 is 10.0 Å². The Hall–Kier alpha value is -1.58. The van der Waals surface area contributed by atoms with Crippen molar-refractivity contribution >= 4 is 11.8 Å². The zero-order chi connectivity index (χ0) is 15.0. The number of carboxylic acid groups (broad SMARTS) is 1. The molecule has 0 spiro atoms. The first-order chi connectivity index (χ1) is 9.96. The molecular formula is C17H24N2O2. The number of carboxylic acids is 1. The minimum Gasteiger partial charge on any atom is -0.478 e. The van der Waals surface area contributed by atoms with Crippen molar-refractivity contribution in [3.05, 3.63) is 22.9 Å². The lowest BCUT2D eigenvalue weighted by atomic mass is 9.82. The van der Waals surface area contributed by atoms with Crippen LogP contribution in [0.1, 0.15) is 61.1 Å². The number of carbonyl (C=O) groups is 1. The van der Waals surface area contributed by atoms with Gasteiger partial charge in [0.15, 0.2) is 0 Å². The zero-order valence-corrected chi connectivity index (χ0v) is 13.0. The van der Waals surface area contributed by atoms with Crippen LogP contribution in [0.25, 0.3) is 0 Å². The lowest BCUT2D eigenvalue weighted by molar-refractivity contribution is 0.0697. The summed E-state index contributed by atoms with van der Waals surface area (Å²) in [5.41, 5.74) is 3.00. The van der Waals surface area contributed by atoms with E-state index in [4.69, 9.17) is 4.98 Å². The molecule has 1 aliphatic heterocycles. The van der Waals surface area contributed by atoms with Crippen LogP contribution in [0.4, 0.5) is 5.82 Å². The van der Waals surface area contributed by atoms with Gasteiger partial charge in [-0.25, -0.2) is 9.78 Å². The van der Waals surface area contributed by atoms with E-state index >= 15 is 0 Å². The lowest BCUT2D eigenvalue weighted by Gasteiger charge is -2.38. The molecule has 1 aromatic heterocycles. The Bertz CT molecular complexity index is 556. The van der Waals surface area contributed by atoms with Crippen molar-refractivity contribution in [3.63, 3.8) is 0 Å². The number of aromatic nitrogens is 1. The fourth-order valence-corrected chi connectivity index (χ4v) is 3.35. The van der Waals surface area contributed by atoms with Crippen LogP contribution in [0.3, 0.4) is 0 Å². The number of hydrogen-bond donors (Lipinski definition) is 1. The summed E-state index contributed by atoms with van der Waals surface area (Å²) in [6, 6.07) is 1.87. The van der Waals surface area contributed by atoms with Crippen molar-refractivity contribution in [3.8, 4) is 0 Å². The number of aryl methyl sites for hydroxylation is 2. The van der Waals surface area contributed by atoms with E-state index in [9.17, 15) is 9.90 Å². The maximum atomic E-state index is 11.6. The van der Waals surface area contributed by atoms with Gasteiger partial charge in [-0.3, -0.25) is 0 Å². The molecule has 4 heteroatoms. The minimum absolute atomic E-state index is 0.355. The Kier molecular flexibility index (Phi) is 3.64. The van der Waals surface area contributed by atoms with E-state index in [1.165, 1.54) is 6.42 Å². The number of aromatic carboxylic acids is 1. The first-order valence-electron chi connectivity index (χ1n) is 7.97. The van der Waals surface area contributed by atoms with E-state index in [0.29, 0.717) is 16.8 Å². The van der Waals surface area contributed by atoms with Crippen LogP contribution in [0.5, 0.6) is 0 Å². The molecule has 1 N–H and O–H groups in total. The predicted molar refractivity (Wildman–Crippen MR) is 83.1 cm³/mol. The van der Waals surface area contributed by atoms with Crippen LogP contribution in [-0.2, 0) is 12.8 Å². The molecule has 0 atom stereocenters. The van der Waals surface area contributed by atoms with Crippen LogP contribution in [0, 0.1) is 5.41 Å². The molecule has 3 rings (SSSR count). The molecule has 2 heterocycles. The number of nitrogens with zero attached hydrogens (tertiary/aromatic N) is 2. The summed E-state index contributed by atoms with van der Waals surface area (Å²) in [6.45, 7) is 6.36. The summed E-state index contributed by atoms with van der Waals surface area (Å²) in [5, 5.41) is 9.53. The highest BCUT2D eigenvalue weighted by Crippen LogP contribution is 2.34. The molecule has 114 valence electrons. The van der Waals surface area contributed by atoms with Crippen molar-refractivity contribution < 1.29 is 9.90 Å². The van der Waals surface area contributed by atoms with Crippen LogP contribution in [0.15, 0.2) is 6.07 Å². The first kappa shape index (κ1) is 14.4. The molecule has 1 aliphatic carbocycles. The molecule has 4 nitrogen and oxygen atoms in total. The van der Waals surface area contributed by atoms with Gasteiger partial charge in [-0.05, 0) is 55.6 Å². The summed E-state index contributed by atoms with van der Waals surface area (Å²) in [6.07, 6.45) is 6.44. The standard InChI is InChI=1S/C17H24N2O2/c1-17(2)7-9-19(10-8-17)15-13(16(20)21)11-12-5-3-4-6-14(12)18-15/h11H,3-10H2,1-2H3,(H,20,21). The zero-order valence-electron chi connectivity index (χ0n) is 13.0. The molecule has 21 heavy (non-hydrogen) atoms. The van der Waals surface area contributed by atoms with E-state index < -0.39 is 5.97 Å². The van der Waals surface area contributed by atoms with Gasteiger partial charge in [0.1, 0.15) is 11.4 Å². The Balaban J connectivity index is 1.95. The molecule has 1 aromatic rings. The van der Waals surface area contributed by atoms with Gasteiger partial charge in [0.05, 0.1) is 0 Å². The second-order valence-electron chi connectivity index (χ2n) is 7.13. The molecule has 1 fully saturated rings. The molecule has 0 radical (unpaired) electrons. The highest BCUT2D eigenvalue weighted by molar-refractivity contribution is 5.93. The molecule has 0 unspecified atom stereocenters. The Morgan fingerprint density at radius 1 is 1.24 bits per heavy atom. The minimum atomic E-state index is -0.851. The summed E-state index contributed by atoms with van der Waals surface area (Å²) in [7, 11) is 0. The average Bonchev–Trinajstić information content (AvgIpc) is 2.46. The quantitative estimate of drug-likeness (QED) is 0.907. The number of piperidine rings is 1. The molecule has 0 amide bonds. The second-order valence-corrected chi connectivity index (χ2v) is 7.13. The molecule has 0 aromatic carbocycles. The summed E-state index contributed by atoms with van der Waals surface area (Å²) in [5.74, 6) is -0.158. The van der Waals surface area contributed by atoms with Crippen molar-refractivity contribution in [2.45, 2.75) is 52.4 Å². The Labute approximate surface area is 126 Å². The van der Waals surface area contributed by atoms with E-state index in [1.807, 2.05) is 6.07 Å². The van der Waals surface area contributed by atoms with Crippen LogP contribution < -0.4 is 4.90 Å². The summed E-state index contributed by atoms with van der Waals surface area (Å²) < 4.78 is 0. The van der Waals surface area contributed by atoms with Crippen molar-refractivity contribution in [1.29, 1.82) is 0 Å². The monoisotopic (exact) mass is 288 g/mol. The van der Waals surface area contributed by atoms with Gasteiger partial charge in [0, 0.05) is 18.8 Å². The number of pyridine rings is 1. The van der Waals surface area contributed by atoms with Gasteiger partial charge >= 0.3 is 5.97 Å². The molecule has 0 saturated carbocycles. The van der Waals surface area contributed by atoms with E-state index in [0.717, 1.165) is 56.5 Å². The third-order valence-corrected chi connectivity index (χ3v) is 4.93. The molecule has 0 bridgehead atoms. The third kappa shape index (κ3) is 2.89.